The third-order valence-corrected chi connectivity index (χ3v) is 3.17. The van der Waals surface area contributed by atoms with Crippen LogP contribution in [0.3, 0.4) is 0 Å². The quantitative estimate of drug-likeness (QED) is 0.779. The molecule has 1 fully saturated rings. The van der Waals surface area contributed by atoms with Crippen LogP contribution in [0.15, 0.2) is 18.2 Å². The molecule has 0 aromatic heterocycles. The van der Waals surface area contributed by atoms with Crippen LogP contribution >= 0.6 is 0 Å². The van der Waals surface area contributed by atoms with E-state index in [0.29, 0.717) is 24.5 Å². The lowest BCUT2D eigenvalue weighted by atomic mass is 10.1. The molecule has 1 aromatic carbocycles. The monoisotopic (exact) mass is 250 g/mol. The maximum Gasteiger partial charge on any atom is 0.337 e. The number of nitrogen functional groups attached to an aromatic ring is 1. The van der Waals surface area contributed by atoms with Crippen LogP contribution in [-0.2, 0) is 4.74 Å². The molecule has 1 aliphatic heterocycles. The molecule has 2 rings (SSSR count). The molecule has 0 aliphatic carbocycles. The van der Waals surface area contributed by atoms with Crippen molar-refractivity contribution in [2.24, 2.45) is 0 Å². The van der Waals surface area contributed by atoms with E-state index >= 15 is 0 Å². The second kappa shape index (κ2) is 4.86. The maximum atomic E-state index is 11.3. The topological polar surface area (TPSA) is 75.8 Å². The smallest absolute Gasteiger partial charge is 0.337 e. The molecule has 1 aromatic rings. The molecule has 5 nitrogen and oxygen atoms in total. The summed E-state index contributed by atoms with van der Waals surface area (Å²) in [6.45, 7) is 5.26. The standard InChI is InChI=1S/C13H18N2O3/c1-8-7-18-9(2)6-15(8)12-5-10(14)3-4-11(12)13(16)17/h3-5,8-9H,6-7,14H2,1-2H3,(H,16,17). The highest BCUT2D eigenvalue weighted by molar-refractivity contribution is 5.95. The zero-order chi connectivity index (χ0) is 13.3. The van der Waals surface area contributed by atoms with Gasteiger partial charge in [0, 0.05) is 18.3 Å². The summed E-state index contributed by atoms with van der Waals surface area (Å²) in [7, 11) is 0. The SMILES string of the molecule is CC1CN(c2cc(N)ccc2C(=O)O)C(C)CO1. The Balaban J connectivity index is 2.41. The molecule has 0 saturated carbocycles. The van der Waals surface area contributed by atoms with Gasteiger partial charge in [0.25, 0.3) is 0 Å². The fourth-order valence-electron chi connectivity index (χ4n) is 2.21. The first-order valence-corrected chi connectivity index (χ1v) is 6.00. The van der Waals surface area contributed by atoms with E-state index in [-0.39, 0.29) is 17.7 Å². The van der Waals surface area contributed by atoms with Crippen molar-refractivity contribution in [2.75, 3.05) is 23.8 Å². The molecule has 1 aliphatic rings. The molecule has 18 heavy (non-hydrogen) atoms. The predicted molar refractivity (Wildman–Crippen MR) is 70.0 cm³/mol. The summed E-state index contributed by atoms with van der Waals surface area (Å²) in [6.07, 6.45) is 0.0873. The number of rotatable bonds is 2. The Labute approximate surface area is 106 Å². The van der Waals surface area contributed by atoms with Crippen LogP contribution < -0.4 is 10.6 Å². The summed E-state index contributed by atoms with van der Waals surface area (Å²) >= 11 is 0. The molecule has 0 bridgehead atoms. The van der Waals surface area contributed by atoms with Crippen molar-refractivity contribution < 1.29 is 14.6 Å². The van der Waals surface area contributed by atoms with E-state index in [1.54, 1.807) is 18.2 Å². The van der Waals surface area contributed by atoms with Crippen molar-refractivity contribution in [1.82, 2.24) is 0 Å². The number of carboxylic acids is 1. The number of nitrogens with two attached hydrogens (primary N) is 1. The highest BCUT2D eigenvalue weighted by atomic mass is 16.5. The molecule has 0 radical (unpaired) electrons. The van der Waals surface area contributed by atoms with Gasteiger partial charge in [0.1, 0.15) is 0 Å². The van der Waals surface area contributed by atoms with Crippen LogP contribution in [0.25, 0.3) is 0 Å². The minimum absolute atomic E-state index is 0.0873. The summed E-state index contributed by atoms with van der Waals surface area (Å²) in [5, 5.41) is 9.24. The van der Waals surface area contributed by atoms with Crippen LogP contribution in [0.5, 0.6) is 0 Å². The molecule has 98 valence electrons. The predicted octanol–water partition coefficient (Wildman–Crippen LogP) is 1.58. The fourth-order valence-corrected chi connectivity index (χ4v) is 2.21. The first kappa shape index (κ1) is 12.7. The van der Waals surface area contributed by atoms with Crippen LogP contribution in [-0.4, -0.2) is 36.4 Å². The van der Waals surface area contributed by atoms with Gasteiger partial charge < -0.3 is 20.5 Å². The van der Waals surface area contributed by atoms with E-state index in [1.165, 1.54) is 0 Å². The largest absolute Gasteiger partial charge is 0.478 e. The molecule has 5 heteroatoms. The molecule has 0 amide bonds. The Morgan fingerprint density at radius 1 is 1.50 bits per heavy atom. The van der Waals surface area contributed by atoms with Gasteiger partial charge in [-0.05, 0) is 32.0 Å². The number of carboxylic acid groups (broad SMARTS) is 1. The molecule has 3 N–H and O–H groups in total. The summed E-state index contributed by atoms with van der Waals surface area (Å²) in [5.74, 6) is -0.934. The zero-order valence-corrected chi connectivity index (χ0v) is 10.6. The van der Waals surface area contributed by atoms with E-state index in [0.717, 1.165) is 0 Å². The van der Waals surface area contributed by atoms with Crippen molar-refractivity contribution in [3.8, 4) is 0 Å². The fraction of sp³-hybridized carbons (Fsp3) is 0.462. The van der Waals surface area contributed by atoms with Crippen molar-refractivity contribution in [3.63, 3.8) is 0 Å². The Morgan fingerprint density at radius 3 is 2.89 bits per heavy atom. The molecule has 1 saturated heterocycles. The molecular weight excluding hydrogens is 232 g/mol. The second-order valence-electron chi connectivity index (χ2n) is 4.73. The highest BCUT2D eigenvalue weighted by Gasteiger charge is 2.26. The van der Waals surface area contributed by atoms with Gasteiger partial charge in [-0.3, -0.25) is 0 Å². The Bertz CT molecular complexity index is 462. The molecule has 0 spiro atoms. The third kappa shape index (κ3) is 2.41. The summed E-state index contributed by atoms with van der Waals surface area (Å²) in [5.41, 5.74) is 7.29. The molecule has 2 atom stereocenters. The van der Waals surface area contributed by atoms with Gasteiger partial charge in [-0.25, -0.2) is 4.79 Å². The number of carbonyl (C=O) groups is 1. The van der Waals surface area contributed by atoms with Gasteiger partial charge in [-0.2, -0.15) is 0 Å². The van der Waals surface area contributed by atoms with E-state index in [1.807, 2.05) is 18.7 Å². The number of hydrogen-bond donors (Lipinski definition) is 2. The first-order chi connectivity index (χ1) is 8.49. The lowest BCUT2D eigenvalue weighted by Crippen LogP contribution is -2.48. The van der Waals surface area contributed by atoms with Gasteiger partial charge in [-0.15, -0.1) is 0 Å². The minimum atomic E-state index is -0.934. The van der Waals surface area contributed by atoms with Crippen molar-refractivity contribution in [2.45, 2.75) is 26.0 Å². The summed E-state index contributed by atoms with van der Waals surface area (Å²) in [4.78, 5) is 13.3. The zero-order valence-electron chi connectivity index (χ0n) is 10.6. The Hall–Kier alpha value is -1.75. The van der Waals surface area contributed by atoms with Gasteiger partial charge in [-0.1, -0.05) is 0 Å². The maximum absolute atomic E-state index is 11.3. The Morgan fingerprint density at radius 2 is 2.22 bits per heavy atom. The number of nitrogens with zero attached hydrogens (tertiary/aromatic N) is 1. The van der Waals surface area contributed by atoms with Crippen molar-refractivity contribution in [1.29, 1.82) is 0 Å². The van der Waals surface area contributed by atoms with Crippen LogP contribution in [0.1, 0.15) is 24.2 Å². The second-order valence-corrected chi connectivity index (χ2v) is 4.73. The van der Waals surface area contributed by atoms with Crippen LogP contribution in [0, 0.1) is 0 Å². The number of ether oxygens (including phenoxy) is 1. The average Bonchev–Trinajstić information content (AvgIpc) is 2.31. The molecule has 1 heterocycles. The number of anilines is 2. The normalized spacial score (nSPS) is 24.0. The van der Waals surface area contributed by atoms with Crippen LogP contribution in [0.4, 0.5) is 11.4 Å². The van der Waals surface area contributed by atoms with E-state index < -0.39 is 5.97 Å². The first-order valence-electron chi connectivity index (χ1n) is 6.00. The molecule has 2 unspecified atom stereocenters. The lowest BCUT2D eigenvalue weighted by molar-refractivity contribution is 0.0341. The summed E-state index contributed by atoms with van der Waals surface area (Å²) < 4.78 is 5.55. The van der Waals surface area contributed by atoms with E-state index in [9.17, 15) is 9.90 Å². The number of aromatic carboxylic acids is 1. The highest BCUT2D eigenvalue weighted by Crippen LogP contribution is 2.28. The van der Waals surface area contributed by atoms with Gasteiger partial charge in [0.15, 0.2) is 0 Å². The van der Waals surface area contributed by atoms with Crippen molar-refractivity contribution >= 4 is 17.3 Å². The lowest BCUT2D eigenvalue weighted by Gasteiger charge is -2.39. The number of morpholine rings is 1. The average molecular weight is 250 g/mol. The van der Waals surface area contributed by atoms with Crippen molar-refractivity contribution in [3.05, 3.63) is 23.8 Å². The van der Waals surface area contributed by atoms with E-state index in [2.05, 4.69) is 0 Å². The number of hydrogen-bond acceptors (Lipinski definition) is 4. The number of benzene rings is 1. The van der Waals surface area contributed by atoms with Gasteiger partial charge >= 0.3 is 5.97 Å². The van der Waals surface area contributed by atoms with Crippen LogP contribution in [0.2, 0.25) is 0 Å². The Kier molecular flexibility index (Phi) is 3.43. The van der Waals surface area contributed by atoms with E-state index in [4.69, 9.17) is 10.5 Å². The summed E-state index contributed by atoms with van der Waals surface area (Å²) in [6, 6.07) is 5.03. The third-order valence-electron chi connectivity index (χ3n) is 3.17. The molecular formula is C13H18N2O3. The minimum Gasteiger partial charge on any atom is -0.478 e. The van der Waals surface area contributed by atoms with Gasteiger partial charge in [0.05, 0.1) is 24.0 Å². The van der Waals surface area contributed by atoms with Gasteiger partial charge in [0.2, 0.25) is 0 Å².